The predicted octanol–water partition coefficient (Wildman–Crippen LogP) is 3.96. The molecule has 0 bridgehead atoms. The number of anilines is 1. The molecule has 0 aromatic heterocycles. The number of benzene rings is 2. The summed E-state index contributed by atoms with van der Waals surface area (Å²) in [6.45, 7) is 5.40. The third-order valence-electron chi connectivity index (χ3n) is 3.77. The lowest BCUT2D eigenvalue weighted by molar-refractivity contribution is 0.254. The number of piperazine rings is 1. The molecule has 4 nitrogen and oxygen atoms in total. The Morgan fingerprint density at radius 3 is 2.14 bits per heavy atom. The molecule has 2 aromatic carbocycles. The molecular formula is C17H19FN4. The summed E-state index contributed by atoms with van der Waals surface area (Å²) in [5, 5.41) is 10.5. The first kappa shape index (κ1) is 14.5. The van der Waals surface area contributed by atoms with Gasteiger partial charge in [-0.25, -0.2) is 4.39 Å². The summed E-state index contributed by atoms with van der Waals surface area (Å²) in [4.78, 5) is 2.23. The number of halogens is 1. The van der Waals surface area contributed by atoms with Gasteiger partial charge in [-0.3, -0.25) is 5.01 Å². The molecule has 2 aromatic rings. The summed E-state index contributed by atoms with van der Waals surface area (Å²) in [7, 11) is 0. The third kappa shape index (κ3) is 3.61. The maximum Gasteiger partial charge on any atom is 0.123 e. The SMILES string of the molecule is Cc1ccc(/N=N/N2CCN(c3ccc(F)cc3)CC2)cc1. The van der Waals surface area contributed by atoms with E-state index in [0.29, 0.717) is 0 Å². The van der Waals surface area contributed by atoms with Gasteiger partial charge in [0.1, 0.15) is 5.82 Å². The summed E-state index contributed by atoms with van der Waals surface area (Å²) in [6, 6.07) is 14.6. The summed E-state index contributed by atoms with van der Waals surface area (Å²) in [5.41, 5.74) is 3.13. The van der Waals surface area contributed by atoms with Crippen molar-refractivity contribution >= 4 is 11.4 Å². The van der Waals surface area contributed by atoms with Crippen LogP contribution in [-0.2, 0) is 0 Å². The van der Waals surface area contributed by atoms with Gasteiger partial charge in [-0.15, -0.1) is 5.11 Å². The Bertz CT molecular complexity index is 629. The number of hydrogen-bond acceptors (Lipinski definition) is 3. The van der Waals surface area contributed by atoms with Crippen LogP contribution < -0.4 is 4.90 Å². The van der Waals surface area contributed by atoms with Crippen molar-refractivity contribution in [3.8, 4) is 0 Å². The average Bonchev–Trinajstić information content (AvgIpc) is 2.56. The minimum atomic E-state index is -0.200. The minimum absolute atomic E-state index is 0.200. The quantitative estimate of drug-likeness (QED) is 0.803. The zero-order chi connectivity index (χ0) is 15.4. The number of hydrogen-bond donors (Lipinski definition) is 0. The standard InChI is InChI=1S/C17H19FN4/c1-14-2-6-16(7-3-14)19-20-22-12-10-21(11-13-22)17-8-4-15(18)5-9-17/h2-9H,10-13H2,1H3/b20-19+. The van der Waals surface area contributed by atoms with Crippen molar-refractivity contribution in [2.24, 2.45) is 10.3 Å². The molecule has 0 radical (unpaired) electrons. The van der Waals surface area contributed by atoms with Crippen LogP contribution in [-0.4, -0.2) is 31.2 Å². The van der Waals surface area contributed by atoms with Gasteiger partial charge in [0, 0.05) is 18.8 Å². The van der Waals surface area contributed by atoms with Crippen LogP contribution in [0.1, 0.15) is 5.56 Å². The number of aryl methyl sites for hydroxylation is 1. The van der Waals surface area contributed by atoms with Crippen LogP contribution in [0.2, 0.25) is 0 Å². The zero-order valence-electron chi connectivity index (χ0n) is 12.6. The van der Waals surface area contributed by atoms with Gasteiger partial charge in [-0.1, -0.05) is 22.9 Å². The molecule has 0 aliphatic carbocycles. The van der Waals surface area contributed by atoms with Gasteiger partial charge in [0.05, 0.1) is 18.8 Å². The second-order valence-corrected chi connectivity index (χ2v) is 5.44. The van der Waals surface area contributed by atoms with Gasteiger partial charge in [0.2, 0.25) is 0 Å². The molecular weight excluding hydrogens is 279 g/mol. The number of rotatable bonds is 3. The van der Waals surface area contributed by atoms with Crippen LogP contribution in [0.5, 0.6) is 0 Å². The van der Waals surface area contributed by atoms with Gasteiger partial charge < -0.3 is 4.90 Å². The van der Waals surface area contributed by atoms with Gasteiger partial charge in [-0.05, 0) is 43.3 Å². The van der Waals surface area contributed by atoms with E-state index in [2.05, 4.69) is 22.2 Å². The van der Waals surface area contributed by atoms with E-state index < -0.39 is 0 Å². The highest BCUT2D eigenvalue weighted by molar-refractivity contribution is 5.46. The van der Waals surface area contributed by atoms with Crippen molar-refractivity contribution < 1.29 is 4.39 Å². The highest BCUT2D eigenvalue weighted by Gasteiger charge is 2.16. The lowest BCUT2D eigenvalue weighted by Crippen LogP contribution is -2.43. The Hall–Kier alpha value is -2.43. The monoisotopic (exact) mass is 298 g/mol. The first-order valence-corrected chi connectivity index (χ1v) is 7.44. The van der Waals surface area contributed by atoms with Crippen molar-refractivity contribution in [1.82, 2.24) is 5.01 Å². The van der Waals surface area contributed by atoms with Crippen molar-refractivity contribution in [2.75, 3.05) is 31.1 Å². The van der Waals surface area contributed by atoms with Crippen molar-refractivity contribution in [2.45, 2.75) is 6.92 Å². The maximum atomic E-state index is 12.9. The van der Waals surface area contributed by atoms with Crippen LogP contribution in [0, 0.1) is 12.7 Å². The van der Waals surface area contributed by atoms with Gasteiger partial charge >= 0.3 is 0 Å². The van der Waals surface area contributed by atoms with E-state index in [0.717, 1.165) is 37.6 Å². The molecule has 5 heteroatoms. The molecule has 0 saturated carbocycles. The van der Waals surface area contributed by atoms with Crippen LogP contribution in [0.15, 0.2) is 58.9 Å². The fourth-order valence-electron chi connectivity index (χ4n) is 2.42. The summed E-state index contributed by atoms with van der Waals surface area (Å²) < 4.78 is 12.9. The van der Waals surface area contributed by atoms with Crippen LogP contribution in [0.4, 0.5) is 15.8 Å². The fourth-order valence-corrected chi connectivity index (χ4v) is 2.42. The lowest BCUT2D eigenvalue weighted by atomic mass is 10.2. The van der Waals surface area contributed by atoms with Crippen molar-refractivity contribution in [3.63, 3.8) is 0 Å². The summed E-state index contributed by atoms with van der Waals surface area (Å²) in [6.07, 6.45) is 0. The second-order valence-electron chi connectivity index (χ2n) is 5.44. The molecule has 0 atom stereocenters. The molecule has 114 valence electrons. The molecule has 1 saturated heterocycles. The molecule has 22 heavy (non-hydrogen) atoms. The predicted molar refractivity (Wildman–Crippen MR) is 85.9 cm³/mol. The molecule has 0 amide bonds. The van der Waals surface area contributed by atoms with Gasteiger partial charge in [0.25, 0.3) is 0 Å². The van der Waals surface area contributed by atoms with Crippen LogP contribution in [0.25, 0.3) is 0 Å². The molecule has 1 aliphatic heterocycles. The normalized spacial score (nSPS) is 15.5. The molecule has 0 unspecified atom stereocenters. The minimum Gasteiger partial charge on any atom is -0.368 e. The third-order valence-corrected chi connectivity index (χ3v) is 3.77. The number of nitrogens with zero attached hydrogens (tertiary/aromatic N) is 4. The second kappa shape index (κ2) is 6.56. The molecule has 1 heterocycles. The lowest BCUT2D eigenvalue weighted by Gasteiger charge is -2.33. The Balaban J connectivity index is 1.55. The molecule has 0 N–H and O–H groups in total. The molecule has 1 aliphatic rings. The van der Waals surface area contributed by atoms with E-state index >= 15 is 0 Å². The summed E-state index contributed by atoms with van der Waals surface area (Å²) in [5.74, 6) is -0.200. The van der Waals surface area contributed by atoms with Gasteiger partial charge in [-0.2, -0.15) is 0 Å². The first-order chi connectivity index (χ1) is 10.7. The Labute approximate surface area is 129 Å². The topological polar surface area (TPSA) is 31.2 Å². The van der Waals surface area contributed by atoms with E-state index in [1.54, 1.807) is 0 Å². The molecule has 3 rings (SSSR count). The van der Waals surface area contributed by atoms with Gasteiger partial charge in [0.15, 0.2) is 0 Å². The Morgan fingerprint density at radius 2 is 1.50 bits per heavy atom. The first-order valence-electron chi connectivity index (χ1n) is 7.44. The highest BCUT2D eigenvalue weighted by Crippen LogP contribution is 2.18. The smallest absolute Gasteiger partial charge is 0.123 e. The van der Waals surface area contributed by atoms with E-state index in [1.165, 1.54) is 17.7 Å². The highest BCUT2D eigenvalue weighted by atomic mass is 19.1. The van der Waals surface area contributed by atoms with Crippen LogP contribution in [0.3, 0.4) is 0 Å². The largest absolute Gasteiger partial charge is 0.368 e. The van der Waals surface area contributed by atoms with Crippen molar-refractivity contribution in [3.05, 3.63) is 59.9 Å². The average molecular weight is 298 g/mol. The van der Waals surface area contributed by atoms with E-state index in [9.17, 15) is 4.39 Å². The fraction of sp³-hybridized carbons (Fsp3) is 0.294. The van der Waals surface area contributed by atoms with E-state index in [1.807, 2.05) is 41.4 Å². The van der Waals surface area contributed by atoms with Crippen LogP contribution >= 0.6 is 0 Å². The molecule has 0 spiro atoms. The van der Waals surface area contributed by atoms with Crippen molar-refractivity contribution in [1.29, 1.82) is 0 Å². The Morgan fingerprint density at radius 1 is 0.864 bits per heavy atom. The maximum absolute atomic E-state index is 12.9. The summed E-state index contributed by atoms with van der Waals surface area (Å²) >= 11 is 0. The van der Waals surface area contributed by atoms with E-state index in [4.69, 9.17) is 0 Å². The van der Waals surface area contributed by atoms with E-state index in [-0.39, 0.29) is 5.82 Å². The Kier molecular flexibility index (Phi) is 4.32. The molecule has 1 fully saturated rings. The zero-order valence-corrected chi connectivity index (χ0v) is 12.6.